The van der Waals surface area contributed by atoms with E-state index in [1.807, 2.05) is 0 Å². The van der Waals surface area contributed by atoms with Crippen LogP contribution in [0.1, 0.15) is 0 Å². The molecule has 0 radical (unpaired) electrons. The summed E-state index contributed by atoms with van der Waals surface area (Å²) in [5.74, 6) is 0. The molecule has 0 heterocycles. The third kappa shape index (κ3) is 2.02. The van der Waals surface area contributed by atoms with Gasteiger partial charge in [-0.05, 0) is 0 Å². The fourth-order valence-electron chi connectivity index (χ4n) is 0.209. The zero-order valence-electron chi connectivity index (χ0n) is 4.32. The Hall–Kier alpha value is -0.450. The van der Waals surface area contributed by atoms with Gasteiger partial charge in [0.05, 0.1) is 12.6 Å². The van der Waals surface area contributed by atoms with Gasteiger partial charge in [-0.3, -0.25) is 0 Å². The molecule has 0 aliphatic rings. The van der Waals surface area contributed by atoms with E-state index in [1.165, 1.54) is 0 Å². The van der Waals surface area contributed by atoms with Gasteiger partial charge < -0.3 is 20.7 Å². The minimum Gasteiger partial charge on any atom is -0.395 e. The van der Waals surface area contributed by atoms with Crippen LogP contribution in [0.3, 0.4) is 0 Å². The fourth-order valence-corrected chi connectivity index (χ4v) is 0.209. The molecule has 0 aromatic rings. The van der Waals surface area contributed by atoms with Crippen molar-refractivity contribution < 1.29 is 15.0 Å². The highest BCUT2D eigenvalue weighted by Crippen LogP contribution is 1.81. The first kappa shape index (κ1) is 7.55. The van der Waals surface area contributed by atoms with Crippen molar-refractivity contribution in [1.82, 2.24) is 0 Å². The van der Waals surface area contributed by atoms with Gasteiger partial charge in [-0.2, -0.15) is 0 Å². The predicted molar refractivity (Wildman–Crippen MR) is 27.1 cm³/mol. The smallest absolute Gasteiger partial charge is 0.150 e. The van der Waals surface area contributed by atoms with Crippen molar-refractivity contribution in [1.29, 1.82) is 0 Å². The first-order chi connectivity index (χ1) is 3.72. The normalized spacial score (nSPS) is 17.4. The van der Waals surface area contributed by atoms with Gasteiger partial charge in [0.1, 0.15) is 12.4 Å². The molecular weight excluding hydrogens is 110 g/mol. The van der Waals surface area contributed by atoms with E-state index in [-0.39, 0.29) is 6.61 Å². The van der Waals surface area contributed by atoms with Crippen molar-refractivity contribution in [2.45, 2.75) is 12.1 Å². The zero-order valence-corrected chi connectivity index (χ0v) is 4.32. The van der Waals surface area contributed by atoms with E-state index >= 15 is 0 Å². The number of aliphatic hydroxyl groups is 2. The number of hydrogen-bond acceptors (Lipinski definition) is 4. The van der Waals surface area contributed by atoms with E-state index < -0.39 is 12.1 Å². The monoisotopic (exact) mass is 119 g/mol. The largest absolute Gasteiger partial charge is 0.395 e. The van der Waals surface area contributed by atoms with Crippen molar-refractivity contribution in [3.8, 4) is 0 Å². The molecule has 0 aromatic carbocycles. The van der Waals surface area contributed by atoms with Crippen LogP contribution in [-0.4, -0.2) is 35.3 Å². The van der Waals surface area contributed by atoms with Crippen LogP contribution in [0, 0.1) is 0 Å². The Bertz CT molecular complexity index is 75.7. The van der Waals surface area contributed by atoms with E-state index in [9.17, 15) is 4.79 Å². The van der Waals surface area contributed by atoms with Gasteiger partial charge in [0.2, 0.25) is 0 Å². The van der Waals surface area contributed by atoms with Crippen LogP contribution >= 0.6 is 0 Å². The number of carbonyl (C=O) groups is 1. The molecule has 4 nitrogen and oxygen atoms in total. The molecule has 4 N–H and O–H groups in total. The molecule has 0 unspecified atom stereocenters. The quantitative estimate of drug-likeness (QED) is 0.370. The molecule has 0 aliphatic heterocycles. The van der Waals surface area contributed by atoms with Crippen molar-refractivity contribution >= 4 is 6.29 Å². The van der Waals surface area contributed by atoms with E-state index in [4.69, 9.17) is 15.9 Å². The summed E-state index contributed by atoms with van der Waals surface area (Å²) in [6.45, 7) is -0.375. The number of aliphatic hydroxyl groups excluding tert-OH is 2. The van der Waals surface area contributed by atoms with Crippen molar-refractivity contribution in [2.75, 3.05) is 6.61 Å². The molecule has 4 heteroatoms. The van der Waals surface area contributed by atoms with Crippen LogP contribution in [0.15, 0.2) is 0 Å². The number of aldehydes is 1. The van der Waals surface area contributed by atoms with Crippen LogP contribution in [0.4, 0.5) is 0 Å². The topological polar surface area (TPSA) is 83.6 Å². The van der Waals surface area contributed by atoms with Crippen LogP contribution in [0.5, 0.6) is 0 Å². The second-order valence-corrected chi connectivity index (χ2v) is 1.47. The minimum absolute atomic E-state index is 0.293. The highest BCUT2D eigenvalue weighted by molar-refractivity contribution is 5.56. The second kappa shape index (κ2) is 3.54. The SMILES string of the molecule is N[C@@H](CO)[C@H](O)C=O. The average molecular weight is 119 g/mol. The third-order valence-electron chi connectivity index (χ3n) is 0.789. The predicted octanol–water partition coefficient (Wildman–Crippen LogP) is -2.13. The Kier molecular flexibility index (Phi) is 3.34. The molecule has 0 bridgehead atoms. The van der Waals surface area contributed by atoms with Crippen molar-refractivity contribution in [2.24, 2.45) is 5.73 Å². The van der Waals surface area contributed by atoms with Crippen LogP contribution in [0.2, 0.25) is 0 Å². The summed E-state index contributed by atoms with van der Waals surface area (Å²) in [5.41, 5.74) is 5.00. The fraction of sp³-hybridized carbons (Fsp3) is 0.750. The molecule has 0 aromatic heterocycles. The molecule has 0 amide bonds. The molecule has 0 aliphatic carbocycles. The molecule has 0 rings (SSSR count). The van der Waals surface area contributed by atoms with E-state index in [0.29, 0.717) is 6.29 Å². The Labute approximate surface area is 46.9 Å². The Morgan fingerprint density at radius 3 is 2.38 bits per heavy atom. The highest BCUT2D eigenvalue weighted by atomic mass is 16.3. The first-order valence-corrected chi connectivity index (χ1v) is 2.22. The van der Waals surface area contributed by atoms with E-state index in [0.717, 1.165) is 0 Å². The van der Waals surface area contributed by atoms with Gasteiger partial charge in [0.25, 0.3) is 0 Å². The molecule has 0 spiro atoms. The average Bonchev–Trinajstić information content (AvgIpc) is 1.84. The Balaban J connectivity index is 3.44. The number of rotatable bonds is 3. The van der Waals surface area contributed by atoms with Gasteiger partial charge in [0.15, 0.2) is 0 Å². The van der Waals surface area contributed by atoms with Crippen molar-refractivity contribution in [3.05, 3.63) is 0 Å². The molecule has 0 saturated heterocycles. The van der Waals surface area contributed by atoms with Crippen LogP contribution < -0.4 is 5.73 Å². The molecule has 8 heavy (non-hydrogen) atoms. The Morgan fingerprint density at radius 1 is 1.75 bits per heavy atom. The number of nitrogens with two attached hydrogens (primary N) is 1. The zero-order chi connectivity index (χ0) is 6.57. The van der Waals surface area contributed by atoms with Gasteiger partial charge in [0, 0.05) is 0 Å². The Morgan fingerprint density at radius 2 is 2.25 bits per heavy atom. The highest BCUT2D eigenvalue weighted by Gasteiger charge is 2.10. The lowest BCUT2D eigenvalue weighted by atomic mass is 10.2. The molecule has 0 fully saturated rings. The molecule has 2 atom stereocenters. The first-order valence-electron chi connectivity index (χ1n) is 2.22. The third-order valence-corrected chi connectivity index (χ3v) is 0.789. The lowest BCUT2D eigenvalue weighted by Gasteiger charge is -2.07. The molecule has 48 valence electrons. The molecular formula is C4H9NO3. The minimum atomic E-state index is -1.24. The van der Waals surface area contributed by atoms with Gasteiger partial charge >= 0.3 is 0 Å². The summed E-state index contributed by atoms with van der Waals surface area (Å²) >= 11 is 0. The summed E-state index contributed by atoms with van der Waals surface area (Å²) in [5, 5.41) is 16.7. The maximum absolute atomic E-state index is 9.66. The number of carbonyl (C=O) groups excluding carboxylic acids is 1. The standard InChI is InChI=1S/C4H9NO3/c5-3(1-6)4(8)2-7/h2-4,6,8H,1,5H2/t3-,4+/m0/s1. The van der Waals surface area contributed by atoms with Crippen molar-refractivity contribution in [3.63, 3.8) is 0 Å². The summed E-state index contributed by atoms with van der Waals surface area (Å²) in [4.78, 5) is 9.66. The molecule has 0 saturated carbocycles. The maximum Gasteiger partial charge on any atom is 0.150 e. The summed E-state index contributed by atoms with van der Waals surface area (Å²) < 4.78 is 0. The van der Waals surface area contributed by atoms with Crippen LogP contribution in [0.25, 0.3) is 0 Å². The van der Waals surface area contributed by atoms with Crippen LogP contribution in [-0.2, 0) is 4.79 Å². The van der Waals surface area contributed by atoms with Gasteiger partial charge in [-0.25, -0.2) is 0 Å². The second-order valence-electron chi connectivity index (χ2n) is 1.47. The number of hydrogen-bond donors (Lipinski definition) is 3. The summed E-state index contributed by atoms with van der Waals surface area (Å²) in [6, 6.07) is -0.840. The van der Waals surface area contributed by atoms with Gasteiger partial charge in [-0.1, -0.05) is 0 Å². The maximum atomic E-state index is 9.66. The van der Waals surface area contributed by atoms with Gasteiger partial charge in [-0.15, -0.1) is 0 Å². The summed E-state index contributed by atoms with van der Waals surface area (Å²) in [6.07, 6.45) is -0.944. The lowest BCUT2D eigenvalue weighted by molar-refractivity contribution is -0.116. The van der Waals surface area contributed by atoms with E-state index in [2.05, 4.69) is 0 Å². The summed E-state index contributed by atoms with van der Waals surface area (Å²) in [7, 11) is 0. The lowest BCUT2D eigenvalue weighted by Crippen LogP contribution is -2.38. The van der Waals surface area contributed by atoms with E-state index in [1.54, 1.807) is 0 Å².